The van der Waals surface area contributed by atoms with Crippen LogP contribution in [0.4, 0.5) is 0 Å². The quantitative estimate of drug-likeness (QED) is 0.389. The number of imide groups is 1. The molecule has 174 valence electrons. The van der Waals surface area contributed by atoms with Crippen LogP contribution in [0.2, 0.25) is 0 Å². The molecular weight excluding hydrogens is 408 g/mol. The molecule has 2 heterocycles. The standard InChI is InChI=1S/C25H34N2O5/c1-31-13-6-12-27-23(29)16-25(24(27)30,20-7-3-2-4-8-20)15-22(28)26(17-19-10-11-19)18-21-9-5-14-32-21/h2-4,7-8,19,21H,5-6,9-18H2,1H3/t21-,25-/m1/s1. The molecule has 32 heavy (non-hydrogen) atoms. The fourth-order valence-electron chi connectivity index (χ4n) is 4.91. The molecule has 0 radical (unpaired) electrons. The Morgan fingerprint density at radius 3 is 2.62 bits per heavy atom. The molecule has 1 saturated carbocycles. The van der Waals surface area contributed by atoms with Gasteiger partial charge in [0.05, 0.1) is 11.5 Å². The predicted molar refractivity (Wildman–Crippen MR) is 119 cm³/mol. The minimum absolute atomic E-state index is 0.0157. The predicted octanol–water partition coefficient (Wildman–Crippen LogP) is 2.53. The second-order valence-electron chi connectivity index (χ2n) is 9.38. The third-order valence-corrected chi connectivity index (χ3v) is 6.89. The summed E-state index contributed by atoms with van der Waals surface area (Å²) in [6, 6.07) is 9.33. The van der Waals surface area contributed by atoms with Crippen molar-refractivity contribution in [3.63, 3.8) is 0 Å². The summed E-state index contributed by atoms with van der Waals surface area (Å²) in [4.78, 5) is 43.4. The fourth-order valence-corrected chi connectivity index (χ4v) is 4.91. The van der Waals surface area contributed by atoms with Crippen LogP contribution in [0.5, 0.6) is 0 Å². The third-order valence-electron chi connectivity index (χ3n) is 6.89. The van der Waals surface area contributed by atoms with E-state index in [-0.39, 0.29) is 36.7 Å². The Morgan fingerprint density at radius 2 is 1.97 bits per heavy atom. The maximum atomic E-state index is 13.6. The van der Waals surface area contributed by atoms with Crippen molar-refractivity contribution in [3.05, 3.63) is 35.9 Å². The second-order valence-corrected chi connectivity index (χ2v) is 9.38. The van der Waals surface area contributed by atoms with Crippen molar-refractivity contribution in [1.82, 2.24) is 9.80 Å². The summed E-state index contributed by atoms with van der Waals surface area (Å²) >= 11 is 0. The number of hydrogen-bond donors (Lipinski definition) is 0. The third kappa shape index (κ3) is 5.04. The van der Waals surface area contributed by atoms with E-state index in [4.69, 9.17) is 9.47 Å². The van der Waals surface area contributed by atoms with E-state index in [1.807, 2.05) is 35.2 Å². The molecule has 1 aliphatic carbocycles. The molecule has 7 nitrogen and oxygen atoms in total. The van der Waals surface area contributed by atoms with Crippen LogP contribution in [-0.2, 0) is 29.3 Å². The Balaban J connectivity index is 1.57. The van der Waals surface area contributed by atoms with Gasteiger partial charge in [-0.1, -0.05) is 30.3 Å². The Morgan fingerprint density at radius 1 is 1.19 bits per heavy atom. The molecule has 0 aromatic heterocycles. The topological polar surface area (TPSA) is 76.2 Å². The highest BCUT2D eigenvalue weighted by Gasteiger charge is 2.54. The lowest BCUT2D eigenvalue weighted by Crippen LogP contribution is -2.45. The molecule has 7 heteroatoms. The Hall–Kier alpha value is -2.25. The van der Waals surface area contributed by atoms with Crippen molar-refractivity contribution in [2.45, 2.75) is 56.5 Å². The molecule has 3 aliphatic rings. The molecule has 1 aromatic carbocycles. The first-order valence-electron chi connectivity index (χ1n) is 11.8. The van der Waals surface area contributed by atoms with E-state index in [1.165, 1.54) is 4.90 Å². The van der Waals surface area contributed by atoms with Gasteiger partial charge >= 0.3 is 0 Å². The van der Waals surface area contributed by atoms with Crippen LogP contribution in [0.3, 0.4) is 0 Å². The summed E-state index contributed by atoms with van der Waals surface area (Å²) in [7, 11) is 1.60. The number of amides is 3. The minimum atomic E-state index is -1.14. The second kappa shape index (κ2) is 10.1. The molecule has 2 atom stereocenters. The summed E-state index contributed by atoms with van der Waals surface area (Å²) in [6.45, 7) is 2.82. The first kappa shape index (κ1) is 22.9. The SMILES string of the molecule is COCCCN1C(=O)C[C@](CC(=O)N(CC2CC2)C[C@H]2CCCO2)(c2ccccc2)C1=O. The molecule has 3 amide bonds. The number of rotatable bonds is 11. The molecule has 0 bridgehead atoms. The van der Waals surface area contributed by atoms with Gasteiger partial charge < -0.3 is 14.4 Å². The fraction of sp³-hybridized carbons (Fsp3) is 0.640. The van der Waals surface area contributed by atoms with E-state index in [0.717, 1.165) is 37.9 Å². The molecule has 0 spiro atoms. The molecule has 0 unspecified atom stereocenters. The summed E-state index contributed by atoms with van der Waals surface area (Å²) < 4.78 is 10.9. The van der Waals surface area contributed by atoms with Crippen molar-refractivity contribution in [1.29, 1.82) is 0 Å². The summed E-state index contributed by atoms with van der Waals surface area (Å²) in [5.74, 6) is 0.00731. The lowest BCUT2D eigenvalue weighted by molar-refractivity contribution is -0.143. The average molecular weight is 443 g/mol. The van der Waals surface area contributed by atoms with E-state index >= 15 is 0 Å². The van der Waals surface area contributed by atoms with Crippen LogP contribution in [0.15, 0.2) is 30.3 Å². The van der Waals surface area contributed by atoms with Crippen LogP contribution < -0.4 is 0 Å². The normalized spacial score (nSPS) is 25.5. The van der Waals surface area contributed by atoms with E-state index in [0.29, 0.717) is 38.6 Å². The van der Waals surface area contributed by atoms with Crippen molar-refractivity contribution in [3.8, 4) is 0 Å². The van der Waals surface area contributed by atoms with Crippen molar-refractivity contribution < 1.29 is 23.9 Å². The summed E-state index contributed by atoms with van der Waals surface area (Å²) in [5.41, 5.74) is -0.398. The zero-order chi connectivity index (χ0) is 22.6. The lowest BCUT2D eigenvalue weighted by atomic mass is 9.75. The number of hydrogen-bond acceptors (Lipinski definition) is 5. The number of ether oxygens (including phenoxy) is 2. The van der Waals surface area contributed by atoms with Gasteiger partial charge in [0.25, 0.3) is 0 Å². The molecule has 1 aromatic rings. The lowest BCUT2D eigenvalue weighted by Gasteiger charge is -2.32. The maximum absolute atomic E-state index is 13.6. The number of benzene rings is 1. The van der Waals surface area contributed by atoms with Gasteiger partial charge in [0.15, 0.2) is 0 Å². The first-order valence-corrected chi connectivity index (χ1v) is 11.8. The van der Waals surface area contributed by atoms with E-state index in [9.17, 15) is 14.4 Å². The van der Waals surface area contributed by atoms with Gasteiger partial charge in [0, 0.05) is 52.8 Å². The molecule has 0 N–H and O–H groups in total. The summed E-state index contributed by atoms with van der Waals surface area (Å²) in [5, 5.41) is 0. The molecular formula is C25H34N2O5. The van der Waals surface area contributed by atoms with Gasteiger partial charge in [-0.05, 0) is 43.6 Å². The highest BCUT2D eigenvalue weighted by molar-refractivity contribution is 6.10. The number of methoxy groups -OCH3 is 1. The number of carbonyl (C=O) groups excluding carboxylic acids is 3. The van der Waals surface area contributed by atoms with Gasteiger partial charge in [-0.3, -0.25) is 19.3 Å². The van der Waals surface area contributed by atoms with E-state index < -0.39 is 5.41 Å². The number of likely N-dealkylation sites (tertiary alicyclic amines) is 1. The van der Waals surface area contributed by atoms with Crippen molar-refractivity contribution >= 4 is 17.7 Å². The Bertz CT molecular complexity index is 819. The molecule has 3 fully saturated rings. The van der Waals surface area contributed by atoms with Crippen LogP contribution in [0.1, 0.15) is 50.5 Å². The average Bonchev–Trinajstić information content (AvgIpc) is 3.40. The zero-order valence-corrected chi connectivity index (χ0v) is 19.0. The maximum Gasteiger partial charge on any atom is 0.240 e. The molecule has 2 aliphatic heterocycles. The van der Waals surface area contributed by atoms with Crippen LogP contribution >= 0.6 is 0 Å². The highest BCUT2D eigenvalue weighted by atomic mass is 16.5. The van der Waals surface area contributed by atoms with Crippen LogP contribution in [0, 0.1) is 5.92 Å². The Labute approximate surface area is 190 Å². The largest absolute Gasteiger partial charge is 0.385 e. The number of carbonyl (C=O) groups is 3. The van der Waals surface area contributed by atoms with Gasteiger partial charge in [-0.2, -0.15) is 0 Å². The van der Waals surface area contributed by atoms with Crippen molar-refractivity contribution in [2.24, 2.45) is 5.92 Å². The summed E-state index contributed by atoms with van der Waals surface area (Å²) in [6.07, 6.45) is 4.97. The van der Waals surface area contributed by atoms with Crippen molar-refractivity contribution in [2.75, 3.05) is 40.0 Å². The monoisotopic (exact) mass is 442 g/mol. The van der Waals surface area contributed by atoms with Gasteiger partial charge in [-0.25, -0.2) is 0 Å². The van der Waals surface area contributed by atoms with Crippen LogP contribution in [0.25, 0.3) is 0 Å². The zero-order valence-electron chi connectivity index (χ0n) is 19.0. The smallest absolute Gasteiger partial charge is 0.240 e. The van der Waals surface area contributed by atoms with Gasteiger partial charge in [0.1, 0.15) is 0 Å². The molecule has 2 saturated heterocycles. The Kier molecular flexibility index (Phi) is 7.26. The number of nitrogens with zero attached hydrogens (tertiary/aromatic N) is 2. The van der Waals surface area contributed by atoms with E-state index in [2.05, 4.69) is 0 Å². The first-order chi connectivity index (χ1) is 15.5. The minimum Gasteiger partial charge on any atom is -0.385 e. The van der Waals surface area contributed by atoms with E-state index in [1.54, 1.807) is 7.11 Å². The van der Waals surface area contributed by atoms with Gasteiger partial charge in [-0.15, -0.1) is 0 Å². The highest BCUT2D eigenvalue weighted by Crippen LogP contribution is 2.41. The molecule has 4 rings (SSSR count). The van der Waals surface area contributed by atoms with Gasteiger partial charge in [0.2, 0.25) is 17.7 Å². The van der Waals surface area contributed by atoms with Crippen LogP contribution in [-0.4, -0.2) is 73.6 Å².